The predicted molar refractivity (Wildman–Crippen MR) is 66.7 cm³/mol. The molecule has 0 aliphatic rings. The molecule has 3 nitrogen and oxygen atoms in total. The lowest BCUT2D eigenvalue weighted by Gasteiger charge is -2.14. The van der Waals surface area contributed by atoms with Crippen LogP contribution in [0.3, 0.4) is 0 Å². The van der Waals surface area contributed by atoms with Gasteiger partial charge < -0.3 is 16.6 Å². The monoisotopic (exact) mass is 344 g/mol. The molecule has 0 amide bonds. The zero-order valence-electron chi connectivity index (χ0n) is 7.21. The van der Waals surface area contributed by atoms with Crippen LogP contribution in [0.25, 0.3) is 0 Å². The van der Waals surface area contributed by atoms with Crippen LogP contribution in [0.5, 0.6) is 5.75 Å². The molecule has 1 rings (SSSR count). The molecular weight excluding hydrogens is 335 g/mol. The second kappa shape index (κ2) is 5.92. The molecule has 6 heteroatoms. The molecular formula is C8H11Br2ClN2O. The Morgan fingerprint density at radius 2 is 1.79 bits per heavy atom. The van der Waals surface area contributed by atoms with E-state index in [2.05, 4.69) is 31.9 Å². The Morgan fingerprint density at radius 3 is 2.29 bits per heavy atom. The quantitative estimate of drug-likeness (QED) is 0.769. The van der Waals surface area contributed by atoms with Crippen LogP contribution in [-0.2, 0) is 0 Å². The Morgan fingerprint density at radius 1 is 1.29 bits per heavy atom. The molecule has 0 radical (unpaired) electrons. The number of benzene rings is 1. The van der Waals surface area contributed by atoms with Crippen molar-refractivity contribution in [3.8, 4) is 5.75 Å². The van der Waals surface area contributed by atoms with Gasteiger partial charge in [0, 0.05) is 22.6 Å². The minimum atomic E-state index is -0.355. The summed E-state index contributed by atoms with van der Waals surface area (Å²) in [5.41, 5.74) is 11.8. The molecule has 0 bridgehead atoms. The van der Waals surface area contributed by atoms with Gasteiger partial charge >= 0.3 is 0 Å². The fourth-order valence-electron chi connectivity index (χ4n) is 1.03. The van der Waals surface area contributed by atoms with Crippen molar-refractivity contribution in [2.45, 2.75) is 6.04 Å². The zero-order chi connectivity index (χ0) is 10.0. The van der Waals surface area contributed by atoms with E-state index < -0.39 is 0 Å². The third kappa shape index (κ3) is 2.84. The van der Waals surface area contributed by atoms with Crippen LogP contribution in [0.1, 0.15) is 11.6 Å². The van der Waals surface area contributed by atoms with E-state index in [0.29, 0.717) is 16.6 Å². The van der Waals surface area contributed by atoms with Gasteiger partial charge in [-0.3, -0.25) is 0 Å². The van der Waals surface area contributed by atoms with Gasteiger partial charge in [-0.2, -0.15) is 0 Å². The molecule has 0 spiro atoms. The maximum absolute atomic E-state index is 9.67. The van der Waals surface area contributed by atoms with E-state index in [0.717, 1.165) is 4.47 Å². The summed E-state index contributed by atoms with van der Waals surface area (Å²) in [7, 11) is 0. The summed E-state index contributed by atoms with van der Waals surface area (Å²) in [6.07, 6.45) is 0. The number of rotatable bonds is 2. The standard InChI is InChI=1S/C8H10Br2N2O.ClH/c9-4-1-2-5(10)8(13)7(4)6(12)3-11;/h1-2,6,13H,3,11-12H2;1H/t6-;/m0./s1. The molecule has 0 fully saturated rings. The molecule has 80 valence electrons. The first-order valence-corrected chi connectivity index (χ1v) is 5.29. The van der Waals surface area contributed by atoms with E-state index in [1.807, 2.05) is 6.07 Å². The molecule has 1 atom stereocenters. The highest BCUT2D eigenvalue weighted by Gasteiger charge is 2.15. The maximum Gasteiger partial charge on any atom is 0.135 e. The van der Waals surface area contributed by atoms with Gasteiger partial charge in [0.05, 0.1) is 4.47 Å². The second-order valence-corrected chi connectivity index (χ2v) is 4.34. The van der Waals surface area contributed by atoms with Gasteiger partial charge in [0.15, 0.2) is 0 Å². The molecule has 0 unspecified atom stereocenters. The van der Waals surface area contributed by atoms with Crippen molar-refractivity contribution in [1.82, 2.24) is 0 Å². The Hall–Kier alpha value is 0.190. The average molecular weight is 346 g/mol. The lowest BCUT2D eigenvalue weighted by Crippen LogP contribution is -2.21. The molecule has 0 aliphatic heterocycles. The van der Waals surface area contributed by atoms with E-state index in [1.54, 1.807) is 6.07 Å². The summed E-state index contributed by atoms with van der Waals surface area (Å²) >= 11 is 6.52. The third-order valence-electron chi connectivity index (χ3n) is 1.74. The number of hydrogen-bond acceptors (Lipinski definition) is 3. The van der Waals surface area contributed by atoms with Gasteiger partial charge in [0.2, 0.25) is 0 Å². The maximum atomic E-state index is 9.67. The molecule has 0 aliphatic carbocycles. The van der Waals surface area contributed by atoms with E-state index in [1.165, 1.54) is 0 Å². The number of phenols is 1. The molecule has 0 saturated carbocycles. The molecule has 0 aromatic heterocycles. The average Bonchev–Trinajstić information content (AvgIpc) is 2.12. The van der Waals surface area contributed by atoms with Gasteiger partial charge in [0.25, 0.3) is 0 Å². The van der Waals surface area contributed by atoms with E-state index in [4.69, 9.17) is 11.5 Å². The van der Waals surface area contributed by atoms with E-state index >= 15 is 0 Å². The fraction of sp³-hybridized carbons (Fsp3) is 0.250. The third-order valence-corrected chi connectivity index (χ3v) is 3.07. The van der Waals surface area contributed by atoms with Gasteiger partial charge in [-0.05, 0) is 28.1 Å². The molecule has 1 aromatic rings. The van der Waals surface area contributed by atoms with Crippen LogP contribution >= 0.6 is 44.3 Å². The van der Waals surface area contributed by atoms with Gasteiger partial charge in [0.1, 0.15) is 5.75 Å². The lowest BCUT2D eigenvalue weighted by atomic mass is 10.1. The number of halogens is 3. The first-order valence-electron chi connectivity index (χ1n) is 3.70. The number of aromatic hydroxyl groups is 1. The van der Waals surface area contributed by atoms with Crippen molar-refractivity contribution < 1.29 is 5.11 Å². The summed E-state index contributed by atoms with van der Waals surface area (Å²) in [4.78, 5) is 0. The van der Waals surface area contributed by atoms with Crippen LogP contribution in [0.15, 0.2) is 21.1 Å². The molecule has 0 saturated heterocycles. The van der Waals surface area contributed by atoms with Gasteiger partial charge in [-0.15, -0.1) is 12.4 Å². The highest BCUT2D eigenvalue weighted by atomic mass is 79.9. The molecule has 14 heavy (non-hydrogen) atoms. The smallest absolute Gasteiger partial charge is 0.135 e. The van der Waals surface area contributed by atoms with Crippen LogP contribution in [0, 0.1) is 0 Å². The number of hydrogen-bond donors (Lipinski definition) is 3. The van der Waals surface area contributed by atoms with Crippen molar-refractivity contribution in [2.75, 3.05) is 6.54 Å². The number of nitrogens with two attached hydrogens (primary N) is 2. The molecule has 1 aromatic carbocycles. The highest BCUT2D eigenvalue weighted by Crippen LogP contribution is 2.36. The lowest BCUT2D eigenvalue weighted by molar-refractivity contribution is 0.458. The molecule has 5 N–H and O–H groups in total. The minimum absolute atomic E-state index is 0. The Balaban J connectivity index is 0.00000169. The van der Waals surface area contributed by atoms with Crippen molar-refractivity contribution in [3.05, 3.63) is 26.6 Å². The summed E-state index contributed by atoms with van der Waals surface area (Å²) in [6, 6.07) is 3.20. The van der Waals surface area contributed by atoms with Crippen molar-refractivity contribution in [2.24, 2.45) is 11.5 Å². The van der Waals surface area contributed by atoms with Crippen LogP contribution in [-0.4, -0.2) is 11.7 Å². The second-order valence-electron chi connectivity index (χ2n) is 2.63. The fourth-order valence-corrected chi connectivity index (χ4v) is 1.99. The van der Waals surface area contributed by atoms with Crippen LogP contribution in [0.2, 0.25) is 0 Å². The van der Waals surface area contributed by atoms with Crippen LogP contribution < -0.4 is 11.5 Å². The van der Waals surface area contributed by atoms with E-state index in [-0.39, 0.29) is 24.2 Å². The Labute approximate surface area is 106 Å². The van der Waals surface area contributed by atoms with Gasteiger partial charge in [-0.1, -0.05) is 15.9 Å². The van der Waals surface area contributed by atoms with Crippen molar-refractivity contribution in [3.63, 3.8) is 0 Å². The largest absolute Gasteiger partial charge is 0.506 e. The SMILES string of the molecule is Cl.NC[C@H](N)c1c(Br)ccc(Br)c1O. The van der Waals surface area contributed by atoms with Gasteiger partial charge in [-0.25, -0.2) is 0 Å². The number of phenolic OH excluding ortho intramolecular Hbond substituents is 1. The van der Waals surface area contributed by atoms with Crippen LogP contribution in [0.4, 0.5) is 0 Å². The normalized spacial score (nSPS) is 12.0. The summed E-state index contributed by atoms with van der Waals surface area (Å²) < 4.78 is 1.39. The first-order chi connectivity index (χ1) is 6.07. The summed E-state index contributed by atoms with van der Waals surface area (Å²) in [5.74, 6) is 0.146. The predicted octanol–water partition coefficient (Wildman–Crippen LogP) is 2.30. The first kappa shape index (κ1) is 14.2. The van der Waals surface area contributed by atoms with E-state index in [9.17, 15) is 5.11 Å². The molecule has 0 heterocycles. The van der Waals surface area contributed by atoms with Crippen molar-refractivity contribution >= 4 is 44.3 Å². The topological polar surface area (TPSA) is 72.3 Å². The summed E-state index contributed by atoms with van der Waals surface area (Å²) in [6.45, 7) is 0.294. The Bertz CT molecular complexity index is 322. The highest BCUT2D eigenvalue weighted by molar-refractivity contribution is 9.11. The summed E-state index contributed by atoms with van der Waals surface area (Å²) in [5, 5.41) is 9.67. The minimum Gasteiger partial charge on any atom is -0.506 e. The Kier molecular flexibility index (Phi) is 6.00. The van der Waals surface area contributed by atoms with Crippen molar-refractivity contribution in [1.29, 1.82) is 0 Å². The zero-order valence-corrected chi connectivity index (χ0v) is 11.2.